The highest BCUT2D eigenvalue weighted by atomic mass is 16.6. The van der Waals surface area contributed by atoms with Crippen molar-refractivity contribution in [2.75, 3.05) is 19.8 Å². The molecule has 1 heterocycles. The van der Waals surface area contributed by atoms with Crippen LogP contribution in [0.4, 0.5) is 4.79 Å². The Labute approximate surface area is 134 Å². The SMILES string of the molecule is CC(CC1COCCN1C(=O)OC(C)(C)C)NC1CCCC1. The number of ether oxygens (including phenoxy) is 2. The number of carbonyl (C=O) groups is 1. The summed E-state index contributed by atoms with van der Waals surface area (Å²) in [6.07, 6.45) is 5.93. The second-order valence-corrected chi connectivity index (χ2v) is 7.69. The van der Waals surface area contributed by atoms with Gasteiger partial charge in [-0.05, 0) is 47.0 Å². The maximum Gasteiger partial charge on any atom is 0.410 e. The number of nitrogens with zero attached hydrogens (tertiary/aromatic N) is 1. The summed E-state index contributed by atoms with van der Waals surface area (Å²) in [5, 5.41) is 3.70. The average Bonchev–Trinajstić information content (AvgIpc) is 2.90. The van der Waals surface area contributed by atoms with Crippen LogP contribution in [0.3, 0.4) is 0 Å². The lowest BCUT2D eigenvalue weighted by Crippen LogP contribution is -2.52. The molecule has 0 aromatic rings. The molecule has 1 saturated heterocycles. The van der Waals surface area contributed by atoms with Crippen molar-refractivity contribution >= 4 is 6.09 Å². The Morgan fingerprint density at radius 1 is 1.36 bits per heavy atom. The summed E-state index contributed by atoms with van der Waals surface area (Å²) in [5.41, 5.74) is -0.451. The molecule has 2 aliphatic rings. The van der Waals surface area contributed by atoms with E-state index in [4.69, 9.17) is 9.47 Å². The zero-order chi connectivity index (χ0) is 16.2. The fourth-order valence-electron chi connectivity index (χ4n) is 3.38. The highest BCUT2D eigenvalue weighted by Crippen LogP contribution is 2.21. The quantitative estimate of drug-likeness (QED) is 0.867. The van der Waals surface area contributed by atoms with E-state index in [1.165, 1.54) is 25.7 Å². The number of nitrogens with one attached hydrogen (secondary N) is 1. The molecular formula is C17H32N2O3. The lowest BCUT2D eigenvalue weighted by atomic mass is 10.1. The van der Waals surface area contributed by atoms with Gasteiger partial charge in [0.2, 0.25) is 0 Å². The van der Waals surface area contributed by atoms with Gasteiger partial charge >= 0.3 is 6.09 Å². The smallest absolute Gasteiger partial charge is 0.410 e. The molecule has 0 aromatic carbocycles. The number of morpholine rings is 1. The van der Waals surface area contributed by atoms with Gasteiger partial charge in [-0.2, -0.15) is 0 Å². The summed E-state index contributed by atoms with van der Waals surface area (Å²) in [6.45, 7) is 9.76. The lowest BCUT2D eigenvalue weighted by molar-refractivity contribution is -0.0357. The van der Waals surface area contributed by atoms with E-state index in [0.29, 0.717) is 31.8 Å². The van der Waals surface area contributed by atoms with Gasteiger partial charge in [0.05, 0.1) is 19.3 Å². The van der Waals surface area contributed by atoms with Crippen molar-refractivity contribution in [3.05, 3.63) is 0 Å². The summed E-state index contributed by atoms with van der Waals surface area (Å²) in [5.74, 6) is 0. The molecule has 0 radical (unpaired) electrons. The molecule has 22 heavy (non-hydrogen) atoms. The maximum atomic E-state index is 12.4. The Morgan fingerprint density at radius 2 is 2.05 bits per heavy atom. The van der Waals surface area contributed by atoms with Crippen molar-refractivity contribution in [3.8, 4) is 0 Å². The third kappa shape index (κ3) is 5.43. The van der Waals surface area contributed by atoms with E-state index in [1.54, 1.807) is 0 Å². The first kappa shape index (κ1) is 17.5. The van der Waals surface area contributed by atoms with Crippen LogP contribution < -0.4 is 5.32 Å². The van der Waals surface area contributed by atoms with Crippen molar-refractivity contribution in [2.45, 2.75) is 83.5 Å². The second-order valence-electron chi connectivity index (χ2n) is 7.69. The fraction of sp³-hybridized carbons (Fsp3) is 0.941. The van der Waals surface area contributed by atoms with Crippen LogP contribution in [0.15, 0.2) is 0 Å². The molecule has 1 aliphatic heterocycles. The maximum absolute atomic E-state index is 12.4. The minimum atomic E-state index is -0.451. The molecule has 0 bridgehead atoms. The first-order chi connectivity index (χ1) is 10.3. The Bertz CT molecular complexity index is 361. The Morgan fingerprint density at radius 3 is 2.68 bits per heavy atom. The van der Waals surface area contributed by atoms with Crippen LogP contribution in [0.1, 0.15) is 59.8 Å². The van der Waals surface area contributed by atoms with Crippen molar-refractivity contribution < 1.29 is 14.3 Å². The Balaban J connectivity index is 1.86. The zero-order valence-electron chi connectivity index (χ0n) is 14.6. The van der Waals surface area contributed by atoms with Gasteiger partial charge in [0, 0.05) is 18.6 Å². The van der Waals surface area contributed by atoms with Crippen LogP contribution in [-0.2, 0) is 9.47 Å². The summed E-state index contributed by atoms with van der Waals surface area (Å²) >= 11 is 0. The van der Waals surface area contributed by atoms with E-state index >= 15 is 0 Å². The molecule has 2 atom stereocenters. The number of rotatable bonds is 4. The molecular weight excluding hydrogens is 280 g/mol. The second kappa shape index (κ2) is 7.64. The van der Waals surface area contributed by atoms with Gasteiger partial charge in [-0.1, -0.05) is 12.8 Å². The summed E-state index contributed by atoms with van der Waals surface area (Å²) in [4.78, 5) is 14.2. The van der Waals surface area contributed by atoms with E-state index in [0.717, 1.165) is 6.42 Å². The topological polar surface area (TPSA) is 50.8 Å². The third-order valence-electron chi connectivity index (χ3n) is 4.36. The molecule has 2 fully saturated rings. The van der Waals surface area contributed by atoms with E-state index in [9.17, 15) is 4.79 Å². The first-order valence-corrected chi connectivity index (χ1v) is 8.68. The zero-order valence-corrected chi connectivity index (χ0v) is 14.6. The van der Waals surface area contributed by atoms with E-state index in [-0.39, 0.29) is 12.1 Å². The predicted octanol–water partition coefficient (Wildman–Crippen LogP) is 2.93. The molecule has 1 aliphatic carbocycles. The van der Waals surface area contributed by atoms with Gasteiger partial charge in [0.15, 0.2) is 0 Å². The van der Waals surface area contributed by atoms with Crippen molar-refractivity contribution in [2.24, 2.45) is 0 Å². The van der Waals surface area contributed by atoms with E-state index in [1.807, 2.05) is 25.7 Å². The van der Waals surface area contributed by atoms with Gasteiger partial charge in [-0.15, -0.1) is 0 Å². The molecule has 5 nitrogen and oxygen atoms in total. The Hall–Kier alpha value is -0.810. The van der Waals surface area contributed by atoms with E-state index < -0.39 is 5.60 Å². The minimum absolute atomic E-state index is 0.104. The fourth-order valence-corrected chi connectivity index (χ4v) is 3.38. The average molecular weight is 312 g/mol. The van der Waals surface area contributed by atoms with Crippen molar-refractivity contribution in [1.82, 2.24) is 10.2 Å². The standard InChI is InChI=1S/C17H32N2O3/c1-13(18-14-7-5-6-8-14)11-15-12-21-10-9-19(15)16(20)22-17(2,3)4/h13-15,18H,5-12H2,1-4H3. The number of hydrogen-bond acceptors (Lipinski definition) is 4. The van der Waals surface area contributed by atoms with Gasteiger partial charge in [0.1, 0.15) is 5.60 Å². The Kier molecular flexibility index (Phi) is 6.09. The van der Waals surface area contributed by atoms with E-state index in [2.05, 4.69) is 12.2 Å². The monoisotopic (exact) mass is 312 g/mol. The largest absolute Gasteiger partial charge is 0.444 e. The number of amides is 1. The summed E-state index contributed by atoms with van der Waals surface area (Å²) in [7, 11) is 0. The lowest BCUT2D eigenvalue weighted by Gasteiger charge is -2.38. The molecule has 1 amide bonds. The highest BCUT2D eigenvalue weighted by Gasteiger charge is 2.32. The van der Waals surface area contributed by atoms with Crippen LogP contribution in [0.5, 0.6) is 0 Å². The van der Waals surface area contributed by atoms with Crippen LogP contribution >= 0.6 is 0 Å². The van der Waals surface area contributed by atoms with Crippen LogP contribution in [0.2, 0.25) is 0 Å². The number of hydrogen-bond donors (Lipinski definition) is 1. The molecule has 5 heteroatoms. The predicted molar refractivity (Wildman–Crippen MR) is 87.0 cm³/mol. The highest BCUT2D eigenvalue weighted by molar-refractivity contribution is 5.68. The van der Waals surface area contributed by atoms with Crippen molar-refractivity contribution in [1.29, 1.82) is 0 Å². The molecule has 128 valence electrons. The van der Waals surface area contributed by atoms with Gasteiger partial charge < -0.3 is 19.7 Å². The van der Waals surface area contributed by atoms with Gasteiger partial charge in [-0.3, -0.25) is 0 Å². The van der Waals surface area contributed by atoms with Crippen LogP contribution in [0, 0.1) is 0 Å². The van der Waals surface area contributed by atoms with Gasteiger partial charge in [0.25, 0.3) is 0 Å². The van der Waals surface area contributed by atoms with Gasteiger partial charge in [-0.25, -0.2) is 4.79 Å². The third-order valence-corrected chi connectivity index (χ3v) is 4.36. The molecule has 0 aromatic heterocycles. The van der Waals surface area contributed by atoms with Crippen molar-refractivity contribution in [3.63, 3.8) is 0 Å². The molecule has 2 rings (SSSR count). The minimum Gasteiger partial charge on any atom is -0.444 e. The molecule has 2 unspecified atom stereocenters. The molecule has 0 spiro atoms. The normalized spacial score (nSPS) is 25.3. The first-order valence-electron chi connectivity index (χ1n) is 8.68. The summed E-state index contributed by atoms with van der Waals surface area (Å²) < 4.78 is 11.1. The summed E-state index contributed by atoms with van der Waals surface area (Å²) in [6, 6.07) is 1.14. The molecule has 1 saturated carbocycles. The van der Waals surface area contributed by atoms with Crippen LogP contribution in [-0.4, -0.2) is 54.5 Å². The van der Waals surface area contributed by atoms with Crippen LogP contribution in [0.25, 0.3) is 0 Å². The molecule has 1 N–H and O–H groups in total. The number of carbonyl (C=O) groups excluding carboxylic acids is 1.